The van der Waals surface area contributed by atoms with Crippen LogP contribution in [0.2, 0.25) is 0 Å². The lowest BCUT2D eigenvalue weighted by molar-refractivity contribution is 0.0412. The van der Waals surface area contributed by atoms with E-state index in [9.17, 15) is 9.18 Å². The Morgan fingerprint density at radius 3 is 2.80 bits per heavy atom. The van der Waals surface area contributed by atoms with E-state index in [0.717, 1.165) is 0 Å². The van der Waals surface area contributed by atoms with E-state index in [1.807, 2.05) is 0 Å². The van der Waals surface area contributed by atoms with Crippen LogP contribution < -0.4 is 0 Å². The second kappa shape index (κ2) is 2.86. The van der Waals surface area contributed by atoms with Gasteiger partial charge in [0.15, 0.2) is 0 Å². The summed E-state index contributed by atoms with van der Waals surface area (Å²) in [5.74, 6) is 0. The number of halogens is 1. The standard InChI is InChI=1S/C6H10FNO2/c1-2-10-6(9)8-3-5(7)4-8/h5H,2-4H2,1H3. The predicted octanol–water partition coefficient (Wildman–Crippen LogP) is 0.797. The highest BCUT2D eigenvalue weighted by Gasteiger charge is 2.30. The molecule has 0 N–H and O–H groups in total. The van der Waals surface area contributed by atoms with E-state index in [-0.39, 0.29) is 13.1 Å². The molecular formula is C6H10FNO2. The van der Waals surface area contributed by atoms with Crippen LogP contribution in [-0.2, 0) is 4.74 Å². The highest BCUT2D eigenvalue weighted by Crippen LogP contribution is 2.11. The first kappa shape index (κ1) is 7.31. The zero-order chi connectivity index (χ0) is 7.56. The summed E-state index contributed by atoms with van der Waals surface area (Å²) in [6, 6.07) is 0. The molecule has 0 unspecified atom stereocenters. The number of carbonyl (C=O) groups excluding carboxylic acids is 1. The van der Waals surface area contributed by atoms with Crippen LogP contribution in [0.3, 0.4) is 0 Å². The smallest absolute Gasteiger partial charge is 0.409 e. The number of likely N-dealkylation sites (tertiary alicyclic amines) is 1. The first-order chi connectivity index (χ1) is 4.74. The lowest BCUT2D eigenvalue weighted by Gasteiger charge is -2.32. The van der Waals surface area contributed by atoms with Crippen LogP contribution in [0.15, 0.2) is 0 Å². The molecule has 0 aromatic carbocycles. The van der Waals surface area contributed by atoms with Crippen molar-refractivity contribution in [1.82, 2.24) is 4.90 Å². The maximum absolute atomic E-state index is 12.1. The molecule has 1 saturated heterocycles. The van der Waals surface area contributed by atoms with Crippen molar-refractivity contribution < 1.29 is 13.9 Å². The van der Waals surface area contributed by atoms with Gasteiger partial charge in [-0.3, -0.25) is 0 Å². The van der Waals surface area contributed by atoms with Crippen LogP contribution in [0.4, 0.5) is 9.18 Å². The van der Waals surface area contributed by atoms with E-state index in [2.05, 4.69) is 4.74 Å². The Kier molecular flexibility index (Phi) is 2.09. The molecule has 0 aromatic heterocycles. The quantitative estimate of drug-likeness (QED) is 0.549. The average molecular weight is 147 g/mol. The second-order valence-electron chi connectivity index (χ2n) is 2.20. The summed E-state index contributed by atoms with van der Waals surface area (Å²) in [6.45, 7) is 2.47. The van der Waals surface area contributed by atoms with Crippen molar-refractivity contribution in [3.05, 3.63) is 0 Å². The van der Waals surface area contributed by atoms with Gasteiger partial charge >= 0.3 is 6.09 Å². The molecule has 1 rings (SSSR count). The van der Waals surface area contributed by atoms with Crippen molar-refractivity contribution in [3.8, 4) is 0 Å². The fourth-order valence-corrected chi connectivity index (χ4v) is 0.789. The fourth-order valence-electron chi connectivity index (χ4n) is 0.789. The van der Waals surface area contributed by atoms with E-state index >= 15 is 0 Å². The molecular weight excluding hydrogens is 137 g/mol. The Balaban J connectivity index is 2.18. The SMILES string of the molecule is CCOC(=O)N1CC(F)C1. The molecule has 0 radical (unpaired) electrons. The molecule has 1 amide bonds. The van der Waals surface area contributed by atoms with Gasteiger partial charge in [-0.2, -0.15) is 0 Å². The first-order valence-electron chi connectivity index (χ1n) is 3.29. The van der Waals surface area contributed by atoms with Gasteiger partial charge in [0.2, 0.25) is 0 Å². The van der Waals surface area contributed by atoms with Gasteiger partial charge in [-0.15, -0.1) is 0 Å². The summed E-state index contributed by atoms with van der Waals surface area (Å²) in [7, 11) is 0. The molecule has 0 bridgehead atoms. The minimum Gasteiger partial charge on any atom is -0.450 e. The Morgan fingerprint density at radius 1 is 1.80 bits per heavy atom. The number of nitrogens with zero attached hydrogens (tertiary/aromatic N) is 1. The third-order valence-corrected chi connectivity index (χ3v) is 1.36. The van der Waals surface area contributed by atoms with Crippen LogP contribution in [0, 0.1) is 0 Å². The number of hydrogen-bond donors (Lipinski definition) is 0. The molecule has 10 heavy (non-hydrogen) atoms. The maximum Gasteiger partial charge on any atom is 0.409 e. The van der Waals surface area contributed by atoms with Crippen molar-refractivity contribution in [2.45, 2.75) is 13.1 Å². The van der Waals surface area contributed by atoms with E-state index in [0.29, 0.717) is 6.61 Å². The Morgan fingerprint density at radius 2 is 2.40 bits per heavy atom. The van der Waals surface area contributed by atoms with E-state index in [4.69, 9.17) is 0 Å². The normalized spacial score (nSPS) is 18.4. The zero-order valence-electron chi connectivity index (χ0n) is 5.84. The summed E-state index contributed by atoms with van der Waals surface area (Å²) < 4.78 is 16.7. The number of rotatable bonds is 1. The van der Waals surface area contributed by atoms with Crippen molar-refractivity contribution in [1.29, 1.82) is 0 Å². The van der Waals surface area contributed by atoms with Gasteiger partial charge in [-0.25, -0.2) is 9.18 Å². The Hall–Kier alpha value is -0.800. The topological polar surface area (TPSA) is 29.5 Å². The van der Waals surface area contributed by atoms with Crippen LogP contribution in [0.1, 0.15) is 6.92 Å². The lowest BCUT2D eigenvalue weighted by Crippen LogP contribution is -2.51. The molecule has 0 aliphatic carbocycles. The number of carbonyl (C=O) groups is 1. The molecule has 1 heterocycles. The summed E-state index contributed by atoms with van der Waals surface area (Å²) in [5.41, 5.74) is 0. The summed E-state index contributed by atoms with van der Waals surface area (Å²) in [5, 5.41) is 0. The largest absolute Gasteiger partial charge is 0.450 e. The third-order valence-electron chi connectivity index (χ3n) is 1.36. The maximum atomic E-state index is 12.1. The summed E-state index contributed by atoms with van der Waals surface area (Å²) >= 11 is 0. The van der Waals surface area contributed by atoms with Crippen molar-refractivity contribution in [3.63, 3.8) is 0 Å². The van der Waals surface area contributed by atoms with Crippen LogP contribution >= 0.6 is 0 Å². The molecule has 0 saturated carbocycles. The minimum absolute atomic E-state index is 0.193. The van der Waals surface area contributed by atoms with Crippen molar-refractivity contribution in [2.24, 2.45) is 0 Å². The van der Waals surface area contributed by atoms with Gasteiger partial charge in [-0.1, -0.05) is 0 Å². The summed E-state index contributed by atoms with van der Waals surface area (Å²) in [6.07, 6.45) is -1.25. The van der Waals surface area contributed by atoms with Gasteiger partial charge in [0, 0.05) is 0 Å². The Bertz CT molecular complexity index is 134. The molecule has 1 aliphatic heterocycles. The first-order valence-corrected chi connectivity index (χ1v) is 3.29. The number of hydrogen-bond acceptors (Lipinski definition) is 2. The van der Waals surface area contributed by atoms with Gasteiger partial charge in [0.1, 0.15) is 6.17 Å². The zero-order valence-corrected chi connectivity index (χ0v) is 5.84. The predicted molar refractivity (Wildman–Crippen MR) is 33.5 cm³/mol. The van der Waals surface area contributed by atoms with Gasteiger partial charge in [-0.05, 0) is 6.92 Å². The van der Waals surface area contributed by atoms with Crippen molar-refractivity contribution >= 4 is 6.09 Å². The molecule has 0 atom stereocenters. The third kappa shape index (κ3) is 1.37. The summed E-state index contributed by atoms with van der Waals surface area (Å²) in [4.78, 5) is 12.0. The molecule has 0 spiro atoms. The van der Waals surface area contributed by atoms with E-state index in [1.165, 1.54) is 4.90 Å². The molecule has 1 fully saturated rings. The molecule has 3 nitrogen and oxygen atoms in total. The van der Waals surface area contributed by atoms with Crippen LogP contribution in [-0.4, -0.2) is 36.9 Å². The number of alkyl halides is 1. The van der Waals surface area contributed by atoms with E-state index < -0.39 is 12.3 Å². The van der Waals surface area contributed by atoms with Crippen LogP contribution in [0.25, 0.3) is 0 Å². The molecule has 4 heteroatoms. The van der Waals surface area contributed by atoms with Gasteiger partial charge in [0.25, 0.3) is 0 Å². The fraction of sp³-hybridized carbons (Fsp3) is 0.833. The van der Waals surface area contributed by atoms with Gasteiger partial charge in [0.05, 0.1) is 19.7 Å². The molecule has 1 aliphatic rings. The second-order valence-corrected chi connectivity index (χ2v) is 2.20. The van der Waals surface area contributed by atoms with E-state index in [1.54, 1.807) is 6.92 Å². The molecule has 0 aromatic rings. The average Bonchev–Trinajstić information content (AvgIpc) is 1.82. The highest BCUT2D eigenvalue weighted by atomic mass is 19.1. The monoisotopic (exact) mass is 147 g/mol. The van der Waals surface area contributed by atoms with Crippen molar-refractivity contribution in [2.75, 3.05) is 19.7 Å². The van der Waals surface area contributed by atoms with Gasteiger partial charge < -0.3 is 9.64 Å². The number of ether oxygens (including phenoxy) is 1. The lowest BCUT2D eigenvalue weighted by atomic mass is 10.2. The number of amides is 1. The Labute approximate surface area is 58.8 Å². The minimum atomic E-state index is -0.843. The van der Waals surface area contributed by atoms with Crippen LogP contribution in [0.5, 0.6) is 0 Å². The molecule has 58 valence electrons. The highest BCUT2D eigenvalue weighted by molar-refractivity contribution is 5.68.